The van der Waals surface area contributed by atoms with Gasteiger partial charge in [-0.1, -0.05) is 42.2 Å². The smallest absolute Gasteiger partial charge is 0.0764 e. The van der Waals surface area contributed by atoms with Crippen LogP contribution < -0.4 is 0 Å². The highest BCUT2D eigenvalue weighted by Gasteiger charge is 2.45. The van der Waals surface area contributed by atoms with Crippen LogP contribution in [0.2, 0.25) is 0 Å². The molecule has 21 heavy (non-hydrogen) atoms. The summed E-state index contributed by atoms with van der Waals surface area (Å²) < 4.78 is 0. The van der Waals surface area contributed by atoms with Gasteiger partial charge in [0.05, 0.1) is 6.10 Å². The van der Waals surface area contributed by atoms with Gasteiger partial charge in [0.15, 0.2) is 0 Å². The van der Waals surface area contributed by atoms with E-state index in [-0.39, 0.29) is 11.6 Å². The normalized spacial score (nSPS) is 23.6. The average Bonchev–Trinajstić information content (AvgIpc) is 3.09. The first kappa shape index (κ1) is 15.1. The van der Waals surface area contributed by atoms with E-state index >= 15 is 0 Å². The van der Waals surface area contributed by atoms with Crippen LogP contribution in [-0.4, -0.2) is 34.7 Å². The van der Waals surface area contributed by atoms with Crippen molar-refractivity contribution in [2.75, 3.05) is 13.1 Å². The molecular weight excluding hydrogens is 258 g/mol. The molecule has 1 saturated carbocycles. The van der Waals surface area contributed by atoms with Gasteiger partial charge in [0.1, 0.15) is 0 Å². The lowest BCUT2D eigenvalue weighted by Crippen LogP contribution is -2.54. The van der Waals surface area contributed by atoms with E-state index in [0.717, 1.165) is 6.42 Å². The number of nitrogens with zero attached hydrogens (tertiary/aromatic N) is 1. The van der Waals surface area contributed by atoms with Crippen molar-refractivity contribution in [1.82, 2.24) is 4.90 Å². The molecule has 1 N–H and O–H groups in total. The van der Waals surface area contributed by atoms with Crippen LogP contribution in [0.5, 0.6) is 0 Å². The van der Waals surface area contributed by atoms with Gasteiger partial charge in [0.2, 0.25) is 0 Å². The number of hydrogen-bond acceptors (Lipinski definition) is 2. The molecule has 1 aromatic carbocycles. The summed E-state index contributed by atoms with van der Waals surface area (Å²) in [7, 11) is 0. The molecule has 0 amide bonds. The topological polar surface area (TPSA) is 23.5 Å². The van der Waals surface area contributed by atoms with Gasteiger partial charge in [-0.15, -0.1) is 0 Å². The molecule has 1 aliphatic carbocycles. The Morgan fingerprint density at radius 2 is 1.57 bits per heavy atom. The molecule has 1 aromatic rings. The monoisotopic (exact) mass is 287 g/mol. The molecule has 1 atom stereocenters. The molecule has 2 aliphatic rings. The lowest BCUT2D eigenvalue weighted by Gasteiger charge is -2.43. The summed E-state index contributed by atoms with van der Waals surface area (Å²) >= 11 is 0. The van der Waals surface area contributed by atoms with Gasteiger partial charge in [-0.2, -0.15) is 0 Å². The third-order valence-electron chi connectivity index (χ3n) is 5.54. The Labute approximate surface area is 129 Å². The summed E-state index contributed by atoms with van der Waals surface area (Å²) in [6.45, 7) is 6.66. The van der Waals surface area contributed by atoms with Crippen molar-refractivity contribution in [2.45, 2.75) is 70.4 Å². The molecule has 2 heteroatoms. The zero-order chi connectivity index (χ0) is 14.9. The number of hydrogen-bond donors (Lipinski definition) is 1. The standard InChI is InChI=1S/C19H29NO/c1-15-11-16(2)13-17(12-15)14-18(21)19(7-3-4-8-19)20-9-5-6-10-20/h11-13,18,21H,3-10,14H2,1-2H3. The van der Waals surface area contributed by atoms with E-state index in [1.165, 1.54) is 68.3 Å². The number of benzene rings is 1. The van der Waals surface area contributed by atoms with Crippen molar-refractivity contribution in [3.63, 3.8) is 0 Å². The number of likely N-dealkylation sites (tertiary alicyclic amines) is 1. The van der Waals surface area contributed by atoms with E-state index in [2.05, 4.69) is 36.9 Å². The van der Waals surface area contributed by atoms with Crippen molar-refractivity contribution in [3.05, 3.63) is 34.9 Å². The average molecular weight is 287 g/mol. The van der Waals surface area contributed by atoms with Crippen LogP contribution in [-0.2, 0) is 6.42 Å². The summed E-state index contributed by atoms with van der Waals surface area (Å²) in [5, 5.41) is 11.1. The van der Waals surface area contributed by atoms with Crippen molar-refractivity contribution in [1.29, 1.82) is 0 Å². The van der Waals surface area contributed by atoms with Crippen LogP contribution in [0, 0.1) is 13.8 Å². The number of aliphatic hydroxyl groups is 1. The van der Waals surface area contributed by atoms with Crippen LogP contribution in [0.15, 0.2) is 18.2 Å². The molecule has 1 unspecified atom stereocenters. The summed E-state index contributed by atoms with van der Waals surface area (Å²) in [4.78, 5) is 2.60. The molecule has 2 fully saturated rings. The second-order valence-electron chi connectivity index (χ2n) is 7.22. The van der Waals surface area contributed by atoms with E-state index in [9.17, 15) is 5.11 Å². The zero-order valence-corrected chi connectivity index (χ0v) is 13.6. The predicted octanol–water partition coefficient (Wildman–Crippen LogP) is 3.62. The lowest BCUT2D eigenvalue weighted by molar-refractivity contribution is -0.0172. The summed E-state index contributed by atoms with van der Waals surface area (Å²) in [5.74, 6) is 0. The highest BCUT2D eigenvalue weighted by atomic mass is 16.3. The van der Waals surface area contributed by atoms with E-state index in [0.29, 0.717) is 0 Å². The molecule has 0 spiro atoms. The third kappa shape index (κ3) is 3.02. The van der Waals surface area contributed by atoms with Crippen molar-refractivity contribution >= 4 is 0 Å². The summed E-state index contributed by atoms with van der Waals surface area (Å²) in [5.41, 5.74) is 3.97. The fourth-order valence-electron chi connectivity index (χ4n) is 4.61. The molecule has 3 rings (SSSR count). The van der Waals surface area contributed by atoms with Gasteiger partial charge in [-0.05, 0) is 58.2 Å². The number of aliphatic hydroxyl groups excluding tert-OH is 1. The highest BCUT2D eigenvalue weighted by Crippen LogP contribution is 2.41. The molecule has 0 bridgehead atoms. The Morgan fingerprint density at radius 3 is 2.14 bits per heavy atom. The predicted molar refractivity (Wildman–Crippen MR) is 87.6 cm³/mol. The Kier molecular flexibility index (Phi) is 4.37. The van der Waals surface area contributed by atoms with Gasteiger partial charge in [0.25, 0.3) is 0 Å². The quantitative estimate of drug-likeness (QED) is 0.914. The second kappa shape index (κ2) is 6.10. The van der Waals surface area contributed by atoms with Crippen LogP contribution in [0.4, 0.5) is 0 Å². The fraction of sp³-hybridized carbons (Fsp3) is 0.684. The van der Waals surface area contributed by atoms with E-state index in [4.69, 9.17) is 0 Å². The van der Waals surface area contributed by atoms with Crippen molar-refractivity contribution < 1.29 is 5.11 Å². The molecular formula is C19H29NO. The Bertz CT molecular complexity index is 464. The summed E-state index contributed by atoms with van der Waals surface area (Å²) in [6.07, 6.45) is 8.10. The molecule has 0 aromatic heterocycles. The van der Waals surface area contributed by atoms with Crippen molar-refractivity contribution in [2.24, 2.45) is 0 Å². The zero-order valence-electron chi connectivity index (χ0n) is 13.6. The minimum absolute atomic E-state index is 0.0636. The third-order valence-corrected chi connectivity index (χ3v) is 5.54. The van der Waals surface area contributed by atoms with Crippen LogP contribution in [0.1, 0.15) is 55.2 Å². The maximum atomic E-state index is 11.1. The van der Waals surface area contributed by atoms with E-state index in [1.54, 1.807) is 0 Å². The SMILES string of the molecule is Cc1cc(C)cc(CC(O)C2(N3CCCC3)CCCC2)c1. The van der Waals surface area contributed by atoms with Gasteiger partial charge >= 0.3 is 0 Å². The van der Waals surface area contributed by atoms with E-state index < -0.39 is 0 Å². The largest absolute Gasteiger partial charge is 0.391 e. The molecule has 2 nitrogen and oxygen atoms in total. The summed E-state index contributed by atoms with van der Waals surface area (Å²) in [6, 6.07) is 6.69. The van der Waals surface area contributed by atoms with Crippen LogP contribution >= 0.6 is 0 Å². The van der Waals surface area contributed by atoms with Gasteiger partial charge in [-0.3, -0.25) is 4.90 Å². The maximum Gasteiger partial charge on any atom is 0.0764 e. The maximum absolute atomic E-state index is 11.1. The number of rotatable bonds is 4. The van der Waals surface area contributed by atoms with E-state index in [1.807, 2.05) is 0 Å². The first-order valence-corrected chi connectivity index (χ1v) is 8.60. The Hall–Kier alpha value is -0.860. The lowest BCUT2D eigenvalue weighted by atomic mass is 9.84. The minimum atomic E-state index is -0.223. The first-order chi connectivity index (χ1) is 10.1. The number of aryl methyl sites for hydroxylation is 2. The van der Waals surface area contributed by atoms with Crippen LogP contribution in [0.3, 0.4) is 0 Å². The van der Waals surface area contributed by atoms with Gasteiger partial charge in [0, 0.05) is 12.0 Å². The minimum Gasteiger partial charge on any atom is -0.391 e. The molecule has 1 aliphatic heterocycles. The van der Waals surface area contributed by atoms with Gasteiger partial charge in [-0.25, -0.2) is 0 Å². The molecule has 116 valence electrons. The first-order valence-electron chi connectivity index (χ1n) is 8.60. The molecule has 1 saturated heterocycles. The van der Waals surface area contributed by atoms with Crippen LogP contribution in [0.25, 0.3) is 0 Å². The Balaban J connectivity index is 1.79. The van der Waals surface area contributed by atoms with Crippen molar-refractivity contribution in [3.8, 4) is 0 Å². The highest BCUT2D eigenvalue weighted by molar-refractivity contribution is 5.29. The molecule has 1 heterocycles. The molecule has 0 radical (unpaired) electrons. The Morgan fingerprint density at radius 1 is 1.00 bits per heavy atom. The van der Waals surface area contributed by atoms with Gasteiger partial charge < -0.3 is 5.11 Å². The fourth-order valence-corrected chi connectivity index (χ4v) is 4.61. The second-order valence-corrected chi connectivity index (χ2v) is 7.22.